The molecule has 1 unspecified atom stereocenters. The van der Waals surface area contributed by atoms with E-state index in [2.05, 4.69) is 10.6 Å². The van der Waals surface area contributed by atoms with Crippen LogP contribution in [-0.2, 0) is 9.59 Å². The summed E-state index contributed by atoms with van der Waals surface area (Å²) in [6.07, 6.45) is 1.41. The molecule has 0 aliphatic rings. The zero-order valence-electron chi connectivity index (χ0n) is 10.4. The molecule has 2 amide bonds. The van der Waals surface area contributed by atoms with Gasteiger partial charge in [0.2, 0.25) is 11.8 Å². The van der Waals surface area contributed by atoms with Gasteiger partial charge in [0.15, 0.2) is 0 Å². The second-order valence-electron chi connectivity index (χ2n) is 4.34. The highest BCUT2D eigenvalue weighted by Crippen LogP contribution is 1.92. The molecule has 0 aromatic heterocycles. The normalized spacial score (nSPS) is 12.3. The molecule has 0 saturated heterocycles. The Labute approximate surface area is 97.2 Å². The third kappa shape index (κ3) is 9.45. The highest BCUT2D eigenvalue weighted by Gasteiger charge is 2.05. The molecule has 4 N–H and O–H groups in total. The van der Waals surface area contributed by atoms with Crippen LogP contribution in [0.3, 0.4) is 0 Å². The van der Waals surface area contributed by atoms with Gasteiger partial charge in [-0.05, 0) is 27.2 Å². The smallest absolute Gasteiger partial charge is 0.221 e. The highest BCUT2D eigenvalue weighted by molar-refractivity contribution is 5.79. The summed E-state index contributed by atoms with van der Waals surface area (Å²) in [5.41, 5.74) is 5.53. The van der Waals surface area contributed by atoms with Crippen LogP contribution in [0.25, 0.3) is 0 Å². The minimum atomic E-state index is -0.0466. The quantitative estimate of drug-likeness (QED) is 0.581. The van der Waals surface area contributed by atoms with Crippen LogP contribution in [0, 0.1) is 0 Å². The number of rotatable bonds is 7. The Morgan fingerprint density at radius 1 is 1.12 bits per heavy atom. The zero-order chi connectivity index (χ0) is 12.6. The minimum absolute atomic E-state index is 0.0370. The Morgan fingerprint density at radius 2 is 1.75 bits per heavy atom. The first-order valence-electron chi connectivity index (χ1n) is 5.73. The van der Waals surface area contributed by atoms with Gasteiger partial charge < -0.3 is 16.4 Å². The lowest BCUT2D eigenvalue weighted by atomic mass is 10.2. The van der Waals surface area contributed by atoms with Gasteiger partial charge in [-0.3, -0.25) is 9.59 Å². The van der Waals surface area contributed by atoms with Crippen LogP contribution in [0.15, 0.2) is 0 Å². The summed E-state index contributed by atoms with van der Waals surface area (Å²) >= 11 is 0. The number of amides is 2. The number of nitrogens with two attached hydrogens (primary N) is 1. The van der Waals surface area contributed by atoms with Crippen molar-refractivity contribution in [1.29, 1.82) is 0 Å². The summed E-state index contributed by atoms with van der Waals surface area (Å²) in [6, 6.07) is 0.177. The Morgan fingerprint density at radius 3 is 2.25 bits per heavy atom. The van der Waals surface area contributed by atoms with Crippen LogP contribution in [0.5, 0.6) is 0 Å². The van der Waals surface area contributed by atoms with Gasteiger partial charge in [0.25, 0.3) is 0 Å². The first kappa shape index (κ1) is 14.9. The van der Waals surface area contributed by atoms with Crippen LogP contribution in [0.2, 0.25) is 0 Å². The summed E-state index contributed by atoms with van der Waals surface area (Å²) in [5.74, 6) is -0.0860. The second-order valence-corrected chi connectivity index (χ2v) is 4.34. The van der Waals surface area contributed by atoms with E-state index in [0.717, 1.165) is 0 Å². The molecule has 0 radical (unpaired) electrons. The SMILES string of the molecule is CC(N)CCC(=O)NCCC(=O)NC(C)C. The van der Waals surface area contributed by atoms with E-state index in [-0.39, 0.29) is 23.9 Å². The van der Waals surface area contributed by atoms with Crippen LogP contribution in [-0.4, -0.2) is 30.4 Å². The van der Waals surface area contributed by atoms with Crippen molar-refractivity contribution in [2.24, 2.45) is 5.73 Å². The molecule has 0 spiro atoms. The van der Waals surface area contributed by atoms with Crippen molar-refractivity contribution in [3.63, 3.8) is 0 Å². The first-order chi connectivity index (χ1) is 7.41. The molecule has 0 fully saturated rings. The fraction of sp³-hybridized carbons (Fsp3) is 0.818. The lowest BCUT2D eigenvalue weighted by Crippen LogP contribution is -2.34. The molecule has 94 valence electrons. The van der Waals surface area contributed by atoms with Crippen molar-refractivity contribution in [2.45, 2.75) is 52.1 Å². The maximum absolute atomic E-state index is 11.3. The van der Waals surface area contributed by atoms with E-state index >= 15 is 0 Å². The van der Waals surface area contributed by atoms with E-state index in [9.17, 15) is 9.59 Å². The largest absolute Gasteiger partial charge is 0.356 e. The first-order valence-corrected chi connectivity index (χ1v) is 5.73. The Bertz CT molecular complexity index is 227. The van der Waals surface area contributed by atoms with E-state index in [1.165, 1.54) is 0 Å². The molecule has 5 nitrogen and oxygen atoms in total. The summed E-state index contributed by atoms with van der Waals surface area (Å²) in [7, 11) is 0. The van der Waals surface area contributed by atoms with Crippen molar-refractivity contribution in [3.05, 3.63) is 0 Å². The van der Waals surface area contributed by atoms with E-state index in [1.54, 1.807) is 0 Å². The van der Waals surface area contributed by atoms with E-state index < -0.39 is 0 Å². The predicted molar refractivity (Wildman–Crippen MR) is 63.8 cm³/mol. The molecule has 0 aromatic carbocycles. The lowest BCUT2D eigenvalue weighted by molar-refractivity contribution is -0.122. The fourth-order valence-electron chi connectivity index (χ4n) is 1.16. The van der Waals surface area contributed by atoms with Gasteiger partial charge in [-0.25, -0.2) is 0 Å². The molecule has 0 heterocycles. The molecule has 0 aromatic rings. The molecule has 0 saturated carbocycles. The van der Waals surface area contributed by atoms with Gasteiger partial charge in [0, 0.05) is 31.5 Å². The van der Waals surface area contributed by atoms with Crippen LogP contribution in [0.1, 0.15) is 40.0 Å². The van der Waals surface area contributed by atoms with Gasteiger partial charge in [-0.15, -0.1) is 0 Å². The number of hydrogen-bond acceptors (Lipinski definition) is 3. The fourth-order valence-corrected chi connectivity index (χ4v) is 1.16. The van der Waals surface area contributed by atoms with Crippen LogP contribution >= 0.6 is 0 Å². The monoisotopic (exact) mass is 229 g/mol. The molecule has 5 heteroatoms. The number of carbonyl (C=O) groups excluding carboxylic acids is 2. The predicted octanol–water partition coefficient (Wildman–Crippen LogP) is 0.145. The molecule has 0 bridgehead atoms. The average molecular weight is 229 g/mol. The van der Waals surface area contributed by atoms with Gasteiger partial charge >= 0.3 is 0 Å². The molecule has 16 heavy (non-hydrogen) atoms. The summed E-state index contributed by atoms with van der Waals surface area (Å²) < 4.78 is 0. The standard InChI is InChI=1S/C11H23N3O2/c1-8(2)14-11(16)6-7-13-10(15)5-4-9(3)12/h8-9H,4-7,12H2,1-3H3,(H,13,15)(H,14,16). The maximum Gasteiger partial charge on any atom is 0.221 e. The highest BCUT2D eigenvalue weighted by atomic mass is 16.2. The van der Waals surface area contributed by atoms with Crippen molar-refractivity contribution < 1.29 is 9.59 Å². The molecule has 1 atom stereocenters. The van der Waals surface area contributed by atoms with E-state index in [1.807, 2.05) is 20.8 Å². The lowest BCUT2D eigenvalue weighted by Gasteiger charge is -2.09. The second kappa shape index (κ2) is 8.10. The molecule has 0 aliphatic heterocycles. The summed E-state index contributed by atoms with van der Waals surface area (Å²) in [6.45, 7) is 6.05. The third-order valence-corrected chi connectivity index (χ3v) is 1.95. The number of carbonyl (C=O) groups is 2. The van der Waals surface area contributed by atoms with Gasteiger partial charge in [-0.2, -0.15) is 0 Å². The van der Waals surface area contributed by atoms with E-state index in [4.69, 9.17) is 5.73 Å². The van der Waals surface area contributed by atoms with Crippen molar-refractivity contribution in [1.82, 2.24) is 10.6 Å². The van der Waals surface area contributed by atoms with Gasteiger partial charge in [0.1, 0.15) is 0 Å². The number of hydrogen-bond donors (Lipinski definition) is 3. The topological polar surface area (TPSA) is 84.2 Å². The van der Waals surface area contributed by atoms with Crippen LogP contribution in [0.4, 0.5) is 0 Å². The minimum Gasteiger partial charge on any atom is -0.356 e. The van der Waals surface area contributed by atoms with Gasteiger partial charge in [-0.1, -0.05) is 0 Å². The zero-order valence-corrected chi connectivity index (χ0v) is 10.4. The molecular weight excluding hydrogens is 206 g/mol. The van der Waals surface area contributed by atoms with Gasteiger partial charge in [0.05, 0.1) is 0 Å². The maximum atomic E-state index is 11.3. The van der Waals surface area contributed by atoms with Crippen molar-refractivity contribution in [2.75, 3.05) is 6.54 Å². The Balaban J connectivity index is 3.50. The Kier molecular flexibility index (Phi) is 7.54. The van der Waals surface area contributed by atoms with Crippen LogP contribution < -0.4 is 16.4 Å². The third-order valence-electron chi connectivity index (χ3n) is 1.95. The summed E-state index contributed by atoms with van der Waals surface area (Å²) in [4.78, 5) is 22.5. The summed E-state index contributed by atoms with van der Waals surface area (Å²) in [5, 5.41) is 5.44. The van der Waals surface area contributed by atoms with Crippen molar-refractivity contribution in [3.8, 4) is 0 Å². The average Bonchev–Trinajstić information content (AvgIpc) is 2.13. The Hall–Kier alpha value is -1.10. The molecule has 0 aliphatic carbocycles. The number of nitrogens with one attached hydrogen (secondary N) is 2. The van der Waals surface area contributed by atoms with Crippen molar-refractivity contribution >= 4 is 11.8 Å². The molecular formula is C11H23N3O2. The molecule has 0 rings (SSSR count). The van der Waals surface area contributed by atoms with E-state index in [0.29, 0.717) is 25.8 Å².